The second kappa shape index (κ2) is 6.59. The van der Waals surface area contributed by atoms with Gasteiger partial charge in [-0.2, -0.15) is 0 Å². The Balaban J connectivity index is 1.83. The quantitative estimate of drug-likeness (QED) is 0.745. The third-order valence-electron chi connectivity index (χ3n) is 2.83. The molecule has 0 radical (unpaired) electrons. The molecule has 0 atom stereocenters. The van der Waals surface area contributed by atoms with E-state index in [-0.39, 0.29) is 0 Å². The SMILES string of the molecule is COc1ccc(CCOc2ccc(C=O)cc2)cc1. The standard InChI is InChI=1S/C16H16O3/c1-18-15-6-2-13(3-7-15)10-11-19-16-8-4-14(12-17)5-9-16/h2-9,12H,10-11H2,1H3. The first-order valence-corrected chi connectivity index (χ1v) is 6.13. The van der Waals surface area contributed by atoms with Crippen molar-refractivity contribution < 1.29 is 14.3 Å². The highest BCUT2D eigenvalue weighted by Gasteiger charge is 1.97. The van der Waals surface area contributed by atoms with Gasteiger partial charge in [-0.15, -0.1) is 0 Å². The van der Waals surface area contributed by atoms with Crippen molar-refractivity contribution in [3.63, 3.8) is 0 Å². The molecule has 0 aliphatic carbocycles. The Hall–Kier alpha value is -2.29. The number of carbonyl (C=O) groups is 1. The third kappa shape index (κ3) is 3.85. The maximum atomic E-state index is 10.5. The molecule has 0 spiro atoms. The summed E-state index contributed by atoms with van der Waals surface area (Å²) in [6.45, 7) is 0.604. The summed E-state index contributed by atoms with van der Waals surface area (Å²) in [7, 11) is 1.65. The Morgan fingerprint density at radius 1 is 0.947 bits per heavy atom. The molecule has 0 unspecified atom stereocenters. The molecule has 0 bridgehead atoms. The predicted octanol–water partition coefficient (Wildman–Crippen LogP) is 3.13. The molecule has 0 aliphatic heterocycles. The lowest BCUT2D eigenvalue weighted by molar-refractivity contribution is 0.112. The molecule has 98 valence electrons. The van der Waals surface area contributed by atoms with Crippen molar-refractivity contribution in [2.24, 2.45) is 0 Å². The van der Waals surface area contributed by atoms with Crippen molar-refractivity contribution in [3.05, 3.63) is 59.7 Å². The van der Waals surface area contributed by atoms with Gasteiger partial charge in [0.1, 0.15) is 17.8 Å². The number of aldehydes is 1. The van der Waals surface area contributed by atoms with E-state index in [1.54, 1.807) is 31.4 Å². The van der Waals surface area contributed by atoms with Gasteiger partial charge in [-0.3, -0.25) is 4.79 Å². The minimum Gasteiger partial charge on any atom is -0.497 e. The largest absolute Gasteiger partial charge is 0.497 e. The fourth-order valence-electron chi connectivity index (χ4n) is 1.72. The summed E-state index contributed by atoms with van der Waals surface area (Å²) >= 11 is 0. The minimum atomic E-state index is 0.604. The van der Waals surface area contributed by atoms with E-state index < -0.39 is 0 Å². The van der Waals surface area contributed by atoms with Gasteiger partial charge < -0.3 is 9.47 Å². The smallest absolute Gasteiger partial charge is 0.150 e. The van der Waals surface area contributed by atoms with Crippen LogP contribution in [0.15, 0.2) is 48.5 Å². The zero-order valence-corrected chi connectivity index (χ0v) is 10.8. The molecule has 2 aromatic rings. The Bertz CT molecular complexity index is 515. The first-order valence-electron chi connectivity index (χ1n) is 6.13. The van der Waals surface area contributed by atoms with E-state index in [2.05, 4.69) is 0 Å². The van der Waals surface area contributed by atoms with Crippen LogP contribution in [0.5, 0.6) is 11.5 Å². The number of rotatable bonds is 6. The summed E-state index contributed by atoms with van der Waals surface area (Å²) in [5, 5.41) is 0. The number of benzene rings is 2. The van der Waals surface area contributed by atoms with E-state index in [9.17, 15) is 4.79 Å². The van der Waals surface area contributed by atoms with Crippen LogP contribution in [-0.2, 0) is 6.42 Å². The Kier molecular flexibility index (Phi) is 4.56. The number of ether oxygens (including phenoxy) is 2. The normalized spacial score (nSPS) is 9.95. The van der Waals surface area contributed by atoms with Gasteiger partial charge in [-0.05, 0) is 42.0 Å². The fourth-order valence-corrected chi connectivity index (χ4v) is 1.72. The average molecular weight is 256 g/mol. The number of methoxy groups -OCH3 is 1. The summed E-state index contributed by atoms with van der Waals surface area (Å²) in [6, 6.07) is 15.0. The molecule has 0 saturated heterocycles. The van der Waals surface area contributed by atoms with Crippen LogP contribution in [0.2, 0.25) is 0 Å². The van der Waals surface area contributed by atoms with Crippen LogP contribution in [0.4, 0.5) is 0 Å². The molecule has 19 heavy (non-hydrogen) atoms. The van der Waals surface area contributed by atoms with Crippen LogP contribution in [0, 0.1) is 0 Å². The van der Waals surface area contributed by atoms with Crippen LogP contribution in [0.3, 0.4) is 0 Å². The third-order valence-corrected chi connectivity index (χ3v) is 2.83. The van der Waals surface area contributed by atoms with Crippen molar-refractivity contribution in [2.75, 3.05) is 13.7 Å². The van der Waals surface area contributed by atoms with E-state index in [0.29, 0.717) is 12.2 Å². The van der Waals surface area contributed by atoms with Gasteiger partial charge in [0.2, 0.25) is 0 Å². The maximum absolute atomic E-state index is 10.5. The Labute approximate surface area is 112 Å². The molecule has 0 amide bonds. The molecule has 0 fully saturated rings. The molecule has 2 rings (SSSR count). The topological polar surface area (TPSA) is 35.5 Å². The number of hydrogen-bond acceptors (Lipinski definition) is 3. The van der Waals surface area contributed by atoms with Crippen molar-refractivity contribution >= 4 is 6.29 Å². The summed E-state index contributed by atoms with van der Waals surface area (Å²) in [5.41, 5.74) is 1.85. The highest BCUT2D eigenvalue weighted by molar-refractivity contribution is 5.74. The fraction of sp³-hybridized carbons (Fsp3) is 0.188. The van der Waals surface area contributed by atoms with Crippen molar-refractivity contribution in [3.8, 4) is 11.5 Å². The van der Waals surface area contributed by atoms with Gasteiger partial charge in [0.05, 0.1) is 13.7 Å². The molecular weight excluding hydrogens is 240 g/mol. The molecule has 0 aromatic heterocycles. The zero-order chi connectivity index (χ0) is 13.5. The minimum absolute atomic E-state index is 0.604. The van der Waals surface area contributed by atoms with Crippen molar-refractivity contribution in [2.45, 2.75) is 6.42 Å². The first-order chi connectivity index (χ1) is 9.31. The van der Waals surface area contributed by atoms with Crippen LogP contribution in [0.25, 0.3) is 0 Å². The average Bonchev–Trinajstić information content (AvgIpc) is 2.49. The lowest BCUT2D eigenvalue weighted by Crippen LogP contribution is -2.01. The summed E-state index contributed by atoms with van der Waals surface area (Å²) in [5.74, 6) is 1.63. The van der Waals surface area contributed by atoms with Gasteiger partial charge >= 0.3 is 0 Å². The van der Waals surface area contributed by atoms with Gasteiger partial charge in [0.25, 0.3) is 0 Å². The van der Waals surface area contributed by atoms with E-state index in [1.807, 2.05) is 24.3 Å². The molecule has 3 nitrogen and oxygen atoms in total. The molecule has 3 heteroatoms. The second-order valence-electron chi connectivity index (χ2n) is 4.13. The van der Waals surface area contributed by atoms with Crippen LogP contribution < -0.4 is 9.47 Å². The lowest BCUT2D eigenvalue weighted by Gasteiger charge is -2.07. The predicted molar refractivity (Wildman–Crippen MR) is 74.0 cm³/mol. The second-order valence-corrected chi connectivity index (χ2v) is 4.13. The lowest BCUT2D eigenvalue weighted by atomic mass is 10.1. The maximum Gasteiger partial charge on any atom is 0.150 e. The van der Waals surface area contributed by atoms with Gasteiger partial charge in [-0.1, -0.05) is 12.1 Å². The molecule has 0 heterocycles. The number of hydrogen-bond donors (Lipinski definition) is 0. The van der Waals surface area contributed by atoms with E-state index in [4.69, 9.17) is 9.47 Å². The highest BCUT2D eigenvalue weighted by Crippen LogP contribution is 2.14. The van der Waals surface area contributed by atoms with Crippen molar-refractivity contribution in [1.29, 1.82) is 0 Å². The summed E-state index contributed by atoms with van der Waals surface area (Å²) in [4.78, 5) is 10.5. The van der Waals surface area contributed by atoms with E-state index in [1.165, 1.54) is 5.56 Å². The van der Waals surface area contributed by atoms with Gasteiger partial charge in [0, 0.05) is 12.0 Å². The zero-order valence-electron chi connectivity index (χ0n) is 10.8. The molecule has 0 saturated carbocycles. The molecule has 2 aromatic carbocycles. The highest BCUT2D eigenvalue weighted by atomic mass is 16.5. The van der Waals surface area contributed by atoms with Crippen LogP contribution in [-0.4, -0.2) is 20.0 Å². The van der Waals surface area contributed by atoms with Gasteiger partial charge in [-0.25, -0.2) is 0 Å². The Morgan fingerprint density at radius 3 is 2.16 bits per heavy atom. The molecule has 0 aliphatic rings. The van der Waals surface area contributed by atoms with Crippen molar-refractivity contribution in [1.82, 2.24) is 0 Å². The Morgan fingerprint density at radius 2 is 1.58 bits per heavy atom. The van der Waals surface area contributed by atoms with Crippen LogP contribution in [0.1, 0.15) is 15.9 Å². The van der Waals surface area contributed by atoms with Gasteiger partial charge in [0.15, 0.2) is 0 Å². The molecular formula is C16H16O3. The van der Waals surface area contributed by atoms with E-state index in [0.717, 1.165) is 24.2 Å². The molecule has 0 N–H and O–H groups in total. The van der Waals surface area contributed by atoms with E-state index >= 15 is 0 Å². The summed E-state index contributed by atoms with van der Waals surface area (Å²) in [6.07, 6.45) is 1.65. The number of carbonyl (C=O) groups excluding carboxylic acids is 1. The summed E-state index contributed by atoms with van der Waals surface area (Å²) < 4.78 is 10.7. The first kappa shape index (κ1) is 13.1. The van der Waals surface area contributed by atoms with Crippen LogP contribution >= 0.6 is 0 Å². The monoisotopic (exact) mass is 256 g/mol.